The maximum Gasteiger partial charge on any atom is 0.269 e. The molecule has 3 rings (SSSR count). The summed E-state index contributed by atoms with van der Waals surface area (Å²) >= 11 is 1.32. The Labute approximate surface area is 173 Å². The van der Waals surface area contributed by atoms with Crippen LogP contribution in [-0.2, 0) is 16.1 Å². The van der Waals surface area contributed by atoms with Crippen molar-refractivity contribution in [3.63, 3.8) is 0 Å². The number of rotatable bonds is 8. The van der Waals surface area contributed by atoms with Crippen molar-refractivity contribution in [3.05, 3.63) is 64.2 Å². The second kappa shape index (κ2) is 10.1. The van der Waals surface area contributed by atoms with Crippen LogP contribution in [0.25, 0.3) is 0 Å². The summed E-state index contributed by atoms with van der Waals surface area (Å²) in [7, 11) is 0. The third-order valence-corrected chi connectivity index (χ3v) is 5.84. The molecular formula is C21H23N3O4S. The molecule has 0 atom stereocenters. The highest BCUT2D eigenvalue weighted by molar-refractivity contribution is 8.00. The van der Waals surface area contributed by atoms with Gasteiger partial charge in [-0.3, -0.25) is 19.7 Å². The molecule has 0 aliphatic heterocycles. The zero-order valence-corrected chi connectivity index (χ0v) is 16.7. The minimum atomic E-state index is -0.453. The molecule has 29 heavy (non-hydrogen) atoms. The van der Waals surface area contributed by atoms with Crippen LogP contribution in [0.3, 0.4) is 0 Å². The number of hydrogen-bond donors (Lipinski definition) is 2. The predicted molar refractivity (Wildman–Crippen MR) is 113 cm³/mol. The van der Waals surface area contributed by atoms with Gasteiger partial charge in [0.1, 0.15) is 0 Å². The van der Waals surface area contributed by atoms with Crippen LogP contribution in [0.1, 0.15) is 31.2 Å². The Morgan fingerprint density at radius 1 is 1.10 bits per heavy atom. The maximum absolute atomic E-state index is 12.2. The number of carbonyl (C=O) groups is 2. The molecule has 1 fully saturated rings. The molecule has 0 unspecified atom stereocenters. The molecular weight excluding hydrogens is 390 g/mol. The van der Waals surface area contributed by atoms with Gasteiger partial charge < -0.3 is 10.6 Å². The third-order valence-electron chi connectivity index (χ3n) is 4.83. The zero-order chi connectivity index (χ0) is 20.6. The van der Waals surface area contributed by atoms with Crippen LogP contribution in [0.15, 0.2) is 53.4 Å². The summed E-state index contributed by atoms with van der Waals surface area (Å²) in [6, 6.07) is 13.6. The van der Waals surface area contributed by atoms with Crippen molar-refractivity contribution in [2.75, 3.05) is 11.1 Å². The van der Waals surface area contributed by atoms with Crippen LogP contribution in [-0.4, -0.2) is 22.5 Å². The highest BCUT2D eigenvalue weighted by atomic mass is 32.2. The van der Waals surface area contributed by atoms with Gasteiger partial charge in [-0.05, 0) is 42.7 Å². The van der Waals surface area contributed by atoms with E-state index in [1.165, 1.54) is 23.9 Å². The molecule has 1 aliphatic rings. The number of non-ortho nitro benzene ring substituents is 1. The molecule has 1 aliphatic carbocycles. The van der Waals surface area contributed by atoms with Gasteiger partial charge in [-0.15, -0.1) is 11.8 Å². The first-order valence-electron chi connectivity index (χ1n) is 9.55. The van der Waals surface area contributed by atoms with Crippen molar-refractivity contribution in [1.82, 2.24) is 5.32 Å². The smallest absolute Gasteiger partial charge is 0.269 e. The van der Waals surface area contributed by atoms with Crippen LogP contribution in [0.4, 0.5) is 11.4 Å². The number of carbonyl (C=O) groups excluding carboxylic acids is 2. The van der Waals surface area contributed by atoms with Crippen LogP contribution < -0.4 is 10.6 Å². The van der Waals surface area contributed by atoms with Crippen molar-refractivity contribution in [2.24, 2.45) is 5.92 Å². The van der Waals surface area contributed by atoms with Crippen LogP contribution in [0.5, 0.6) is 0 Å². The van der Waals surface area contributed by atoms with E-state index in [9.17, 15) is 19.7 Å². The monoisotopic (exact) mass is 413 g/mol. The lowest BCUT2D eigenvalue weighted by Gasteiger charge is -2.12. The summed E-state index contributed by atoms with van der Waals surface area (Å²) in [5, 5.41) is 16.5. The Hall–Kier alpha value is -2.87. The van der Waals surface area contributed by atoms with Gasteiger partial charge in [0, 0.05) is 35.2 Å². The van der Waals surface area contributed by atoms with Crippen LogP contribution >= 0.6 is 11.8 Å². The normalized spacial score (nSPS) is 13.8. The molecule has 0 spiro atoms. The zero-order valence-electron chi connectivity index (χ0n) is 15.9. The molecule has 7 nitrogen and oxygen atoms in total. The van der Waals surface area contributed by atoms with E-state index in [-0.39, 0.29) is 29.2 Å². The van der Waals surface area contributed by atoms with Crippen molar-refractivity contribution in [1.29, 1.82) is 0 Å². The summed E-state index contributed by atoms with van der Waals surface area (Å²) in [5.74, 6) is 0.266. The molecule has 2 N–H and O–H groups in total. The van der Waals surface area contributed by atoms with Gasteiger partial charge in [-0.25, -0.2) is 0 Å². The Morgan fingerprint density at radius 2 is 1.83 bits per heavy atom. The van der Waals surface area contributed by atoms with E-state index in [0.29, 0.717) is 6.54 Å². The van der Waals surface area contributed by atoms with Crippen molar-refractivity contribution < 1.29 is 14.5 Å². The first-order chi connectivity index (χ1) is 14.0. The Bertz CT molecular complexity index is 880. The highest BCUT2D eigenvalue weighted by Gasteiger charge is 2.22. The van der Waals surface area contributed by atoms with Gasteiger partial charge in [0.05, 0.1) is 10.7 Å². The van der Waals surface area contributed by atoms with Gasteiger partial charge in [0.15, 0.2) is 0 Å². The molecule has 8 heteroatoms. The van der Waals surface area contributed by atoms with Gasteiger partial charge >= 0.3 is 0 Å². The molecule has 0 heterocycles. The standard InChI is InChI=1S/C21H23N3O4S/c25-20(14-29-19-10-8-18(9-11-19)24(27)28)22-13-15-4-3-7-17(12-15)23-21(26)16-5-1-2-6-16/h3-4,7-12,16H,1-2,5-6,13-14H2,(H,22,25)(H,23,26). The van der Waals surface area contributed by atoms with Crippen LogP contribution in [0.2, 0.25) is 0 Å². The third kappa shape index (κ3) is 6.32. The molecule has 0 saturated heterocycles. The summed E-state index contributed by atoms with van der Waals surface area (Å²) in [5.41, 5.74) is 1.68. The molecule has 2 amide bonds. The number of benzene rings is 2. The average molecular weight is 413 g/mol. The van der Waals surface area contributed by atoms with E-state index in [2.05, 4.69) is 10.6 Å². The molecule has 0 aromatic heterocycles. The number of nitrogens with one attached hydrogen (secondary N) is 2. The van der Waals surface area contributed by atoms with E-state index in [4.69, 9.17) is 0 Å². The van der Waals surface area contributed by atoms with Gasteiger partial charge in [-0.2, -0.15) is 0 Å². The average Bonchev–Trinajstić information content (AvgIpc) is 3.26. The first-order valence-corrected chi connectivity index (χ1v) is 10.5. The van der Waals surface area contributed by atoms with Crippen molar-refractivity contribution >= 4 is 35.0 Å². The first kappa shape index (κ1) is 20.9. The molecule has 1 saturated carbocycles. The quantitative estimate of drug-likeness (QED) is 0.385. The Balaban J connectivity index is 1.44. The lowest BCUT2D eigenvalue weighted by atomic mass is 10.1. The molecule has 2 aromatic rings. The van der Waals surface area contributed by atoms with Crippen molar-refractivity contribution in [3.8, 4) is 0 Å². The van der Waals surface area contributed by atoms with E-state index in [0.717, 1.165) is 41.8 Å². The molecule has 0 bridgehead atoms. The lowest BCUT2D eigenvalue weighted by Crippen LogP contribution is -2.24. The summed E-state index contributed by atoms with van der Waals surface area (Å²) < 4.78 is 0. The Morgan fingerprint density at radius 3 is 2.52 bits per heavy atom. The topological polar surface area (TPSA) is 101 Å². The summed E-state index contributed by atoms with van der Waals surface area (Å²) in [6.45, 7) is 0.368. The fourth-order valence-corrected chi connectivity index (χ4v) is 3.98. The van der Waals surface area contributed by atoms with E-state index in [1.807, 2.05) is 24.3 Å². The van der Waals surface area contributed by atoms with E-state index in [1.54, 1.807) is 12.1 Å². The fraction of sp³-hybridized carbons (Fsp3) is 0.333. The number of amides is 2. The Kier molecular flexibility index (Phi) is 7.24. The maximum atomic E-state index is 12.2. The number of nitro benzene ring substituents is 1. The second-order valence-electron chi connectivity index (χ2n) is 6.99. The minimum Gasteiger partial charge on any atom is -0.351 e. The lowest BCUT2D eigenvalue weighted by molar-refractivity contribution is -0.384. The SMILES string of the molecule is O=C(CSc1ccc([N+](=O)[O-])cc1)NCc1cccc(NC(=O)C2CCCC2)c1. The van der Waals surface area contributed by atoms with Gasteiger partial charge in [0.25, 0.3) is 5.69 Å². The van der Waals surface area contributed by atoms with Crippen LogP contribution in [0, 0.1) is 16.0 Å². The number of nitrogens with zero attached hydrogens (tertiary/aromatic N) is 1. The second-order valence-corrected chi connectivity index (χ2v) is 8.04. The number of hydrogen-bond acceptors (Lipinski definition) is 5. The van der Waals surface area contributed by atoms with E-state index < -0.39 is 4.92 Å². The number of nitro groups is 1. The molecule has 2 aromatic carbocycles. The number of thioether (sulfide) groups is 1. The summed E-state index contributed by atoms with van der Waals surface area (Å²) in [4.78, 5) is 35.3. The van der Waals surface area contributed by atoms with Crippen molar-refractivity contribution in [2.45, 2.75) is 37.1 Å². The predicted octanol–water partition coefficient (Wildman–Crippen LogP) is 4.13. The molecule has 0 radical (unpaired) electrons. The minimum absolute atomic E-state index is 0.0266. The highest BCUT2D eigenvalue weighted by Crippen LogP contribution is 2.26. The largest absolute Gasteiger partial charge is 0.351 e. The summed E-state index contributed by atoms with van der Waals surface area (Å²) in [6.07, 6.45) is 4.13. The molecule has 152 valence electrons. The van der Waals surface area contributed by atoms with Gasteiger partial charge in [0.2, 0.25) is 11.8 Å². The number of anilines is 1. The van der Waals surface area contributed by atoms with Gasteiger partial charge in [-0.1, -0.05) is 25.0 Å². The fourth-order valence-electron chi connectivity index (χ4n) is 3.26. The van der Waals surface area contributed by atoms with E-state index >= 15 is 0 Å².